The smallest absolute Gasteiger partial charge is 0.214 e. The number of sulfonamides is 1. The van der Waals surface area contributed by atoms with Gasteiger partial charge in [0.1, 0.15) is 0 Å². The molecule has 1 aliphatic heterocycles. The number of halogens is 2. The first kappa shape index (κ1) is 26.6. The fraction of sp³-hybridized carbons (Fsp3) is 0.696. The van der Waals surface area contributed by atoms with Gasteiger partial charge < -0.3 is 0 Å². The van der Waals surface area contributed by atoms with Crippen LogP contribution in [0.2, 0.25) is 5.02 Å². The van der Waals surface area contributed by atoms with Gasteiger partial charge in [-0.1, -0.05) is 44.2 Å². The van der Waals surface area contributed by atoms with Crippen LogP contribution in [0.3, 0.4) is 0 Å². The zero-order chi connectivity index (χ0) is 21.6. The van der Waals surface area contributed by atoms with Crippen LogP contribution in [-0.4, -0.2) is 60.9 Å². The molecule has 1 aromatic carbocycles. The molecule has 8 heteroatoms. The minimum absolute atomic E-state index is 0. The predicted molar refractivity (Wildman–Crippen MR) is 130 cm³/mol. The molecule has 3 rings (SSSR count). The average Bonchev–Trinajstić information content (AvgIpc) is 2.99. The summed E-state index contributed by atoms with van der Waals surface area (Å²) in [5, 5.41) is 0.641. The van der Waals surface area contributed by atoms with Crippen molar-refractivity contribution in [2.45, 2.75) is 70.3 Å². The molecule has 1 aromatic rings. The first-order valence-electron chi connectivity index (χ1n) is 11.4. The lowest BCUT2D eigenvalue weighted by Crippen LogP contribution is -2.58. The largest absolute Gasteiger partial charge is 0.295 e. The van der Waals surface area contributed by atoms with E-state index in [0.29, 0.717) is 31.0 Å². The topological polar surface area (TPSA) is 57.7 Å². The summed E-state index contributed by atoms with van der Waals surface area (Å²) in [5.74, 6) is 0.396. The maximum atomic E-state index is 12.8. The van der Waals surface area contributed by atoms with Gasteiger partial charge in [0.05, 0.1) is 5.75 Å². The number of piperazine rings is 1. The number of Topliss-reactive ketones (excluding diaryl/α,β-unsaturated/α-hetero) is 1. The van der Waals surface area contributed by atoms with Crippen molar-refractivity contribution in [2.24, 2.45) is 0 Å². The summed E-state index contributed by atoms with van der Waals surface area (Å²) in [6.07, 6.45) is 9.08. The Kier molecular flexibility index (Phi) is 10.3. The van der Waals surface area contributed by atoms with Gasteiger partial charge in [-0.25, -0.2) is 8.42 Å². The molecule has 0 N–H and O–H groups in total. The lowest BCUT2D eigenvalue weighted by molar-refractivity contribution is 0.0320. The van der Waals surface area contributed by atoms with E-state index in [1.165, 1.54) is 25.7 Å². The fourth-order valence-corrected chi connectivity index (χ4v) is 6.68. The fourth-order valence-electron chi connectivity index (χ4n) is 5.07. The molecule has 0 spiro atoms. The zero-order valence-corrected chi connectivity index (χ0v) is 20.9. The van der Waals surface area contributed by atoms with E-state index in [1.54, 1.807) is 16.4 Å². The summed E-state index contributed by atoms with van der Waals surface area (Å²) < 4.78 is 26.6. The Bertz CT molecular complexity index is 799. The minimum Gasteiger partial charge on any atom is -0.295 e. The van der Waals surface area contributed by atoms with Crippen molar-refractivity contribution in [2.75, 3.05) is 31.9 Å². The van der Waals surface area contributed by atoms with Crippen molar-refractivity contribution in [1.29, 1.82) is 0 Å². The van der Waals surface area contributed by atoms with Gasteiger partial charge in [0.15, 0.2) is 5.78 Å². The van der Waals surface area contributed by atoms with Crippen molar-refractivity contribution in [3.05, 3.63) is 34.9 Å². The molecule has 1 aliphatic carbocycles. The highest BCUT2D eigenvalue weighted by atomic mass is 35.5. The van der Waals surface area contributed by atoms with E-state index in [-0.39, 0.29) is 29.5 Å². The number of hydrogen-bond donors (Lipinski definition) is 0. The molecule has 0 bridgehead atoms. The van der Waals surface area contributed by atoms with E-state index in [2.05, 4.69) is 4.90 Å². The highest BCUT2D eigenvalue weighted by Gasteiger charge is 2.40. The molecule has 0 radical (unpaired) electrons. The maximum absolute atomic E-state index is 12.8. The first-order chi connectivity index (χ1) is 14.4. The molecule has 1 saturated heterocycles. The van der Waals surface area contributed by atoms with Gasteiger partial charge in [-0.05, 0) is 49.9 Å². The van der Waals surface area contributed by atoms with Crippen molar-refractivity contribution < 1.29 is 13.2 Å². The van der Waals surface area contributed by atoms with Crippen molar-refractivity contribution in [1.82, 2.24) is 9.21 Å². The Labute approximate surface area is 199 Å². The van der Waals surface area contributed by atoms with Gasteiger partial charge >= 0.3 is 0 Å². The normalized spacial score (nSPS) is 20.6. The standard InChI is InChI=1S/C23H35ClN2O3S.ClH/c1-2-19-30(28,29)26-17-15-25(16-18-26)23(12-5-3-4-6-13-23)14-11-22(27)20-7-9-21(24)10-8-20;/h7-10H,2-6,11-19H2,1H3;1H. The van der Waals surface area contributed by atoms with Crippen LogP contribution in [0, 0.1) is 0 Å². The number of hydrogen-bond acceptors (Lipinski definition) is 4. The quantitative estimate of drug-likeness (QED) is 0.372. The van der Waals surface area contributed by atoms with E-state index in [9.17, 15) is 13.2 Å². The molecule has 2 aliphatic rings. The number of ketones is 1. The molecule has 1 heterocycles. The van der Waals surface area contributed by atoms with E-state index in [0.717, 1.165) is 37.9 Å². The third-order valence-corrected chi connectivity index (χ3v) is 9.11. The van der Waals surface area contributed by atoms with Crippen LogP contribution in [0.25, 0.3) is 0 Å². The van der Waals surface area contributed by atoms with Gasteiger partial charge in [-0.15, -0.1) is 12.4 Å². The number of nitrogens with zero attached hydrogens (tertiary/aromatic N) is 2. The summed E-state index contributed by atoms with van der Waals surface area (Å²) in [5.41, 5.74) is 0.734. The van der Waals surface area contributed by atoms with Gasteiger partial charge in [-0.3, -0.25) is 9.69 Å². The van der Waals surface area contributed by atoms with Crippen molar-refractivity contribution >= 4 is 39.8 Å². The highest BCUT2D eigenvalue weighted by molar-refractivity contribution is 7.89. The molecular formula is C23H36Cl2N2O3S. The van der Waals surface area contributed by atoms with Crippen LogP contribution in [-0.2, 0) is 10.0 Å². The second kappa shape index (κ2) is 12.0. The minimum atomic E-state index is -3.14. The van der Waals surface area contributed by atoms with Gasteiger partial charge in [0.25, 0.3) is 0 Å². The van der Waals surface area contributed by atoms with Crippen LogP contribution in [0.15, 0.2) is 24.3 Å². The Morgan fingerprint density at radius 2 is 1.58 bits per heavy atom. The first-order valence-corrected chi connectivity index (χ1v) is 13.4. The molecule has 0 atom stereocenters. The van der Waals surface area contributed by atoms with Gasteiger partial charge in [0, 0.05) is 48.7 Å². The van der Waals surface area contributed by atoms with Crippen LogP contribution >= 0.6 is 24.0 Å². The SMILES string of the molecule is CCCS(=O)(=O)N1CCN(C2(CCC(=O)c3ccc(Cl)cc3)CCCCCC2)CC1.Cl. The molecule has 31 heavy (non-hydrogen) atoms. The number of carbonyl (C=O) groups is 1. The highest BCUT2D eigenvalue weighted by Crippen LogP contribution is 2.37. The Morgan fingerprint density at radius 3 is 2.13 bits per heavy atom. The van der Waals surface area contributed by atoms with E-state index >= 15 is 0 Å². The molecule has 0 unspecified atom stereocenters. The lowest BCUT2D eigenvalue weighted by Gasteiger charge is -2.48. The van der Waals surface area contributed by atoms with Gasteiger partial charge in [0.2, 0.25) is 10.0 Å². The number of benzene rings is 1. The van der Waals surface area contributed by atoms with E-state index in [4.69, 9.17) is 11.6 Å². The average molecular weight is 492 g/mol. The summed E-state index contributed by atoms with van der Waals surface area (Å²) in [7, 11) is -3.14. The molecule has 2 fully saturated rings. The third-order valence-electron chi connectivity index (χ3n) is 6.78. The van der Waals surface area contributed by atoms with Crippen LogP contribution in [0.4, 0.5) is 0 Å². The summed E-state index contributed by atoms with van der Waals surface area (Å²) in [6, 6.07) is 7.15. The molecule has 176 valence electrons. The summed E-state index contributed by atoms with van der Waals surface area (Å²) in [6.45, 7) is 4.56. The number of carbonyl (C=O) groups excluding carboxylic acids is 1. The lowest BCUT2D eigenvalue weighted by atomic mass is 9.82. The summed E-state index contributed by atoms with van der Waals surface area (Å²) >= 11 is 5.96. The van der Waals surface area contributed by atoms with Crippen LogP contribution < -0.4 is 0 Å². The Balaban J connectivity index is 0.00000341. The second-order valence-electron chi connectivity index (χ2n) is 8.77. The Morgan fingerprint density at radius 1 is 1.00 bits per heavy atom. The molecular weight excluding hydrogens is 455 g/mol. The molecule has 1 saturated carbocycles. The maximum Gasteiger partial charge on any atom is 0.214 e. The zero-order valence-electron chi connectivity index (χ0n) is 18.5. The van der Waals surface area contributed by atoms with Crippen molar-refractivity contribution in [3.8, 4) is 0 Å². The molecule has 0 amide bonds. The monoisotopic (exact) mass is 490 g/mol. The third kappa shape index (κ3) is 6.91. The van der Waals surface area contributed by atoms with Gasteiger partial charge in [-0.2, -0.15) is 4.31 Å². The second-order valence-corrected chi connectivity index (χ2v) is 11.3. The molecule has 5 nitrogen and oxygen atoms in total. The molecule has 0 aromatic heterocycles. The Hall–Kier alpha value is -0.660. The predicted octanol–water partition coefficient (Wildman–Crippen LogP) is 5.18. The number of rotatable bonds is 8. The van der Waals surface area contributed by atoms with E-state index in [1.807, 2.05) is 19.1 Å². The van der Waals surface area contributed by atoms with Crippen molar-refractivity contribution in [3.63, 3.8) is 0 Å². The van der Waals surface area contributed by atoms with Crippen LogP contribution in [0.5, 0.6) is 0 Å². The summed E-state index contributed by atoms with van der Waals surface area (Å²) in [4.78, 5) is 15.3. The van der Waals surface area contributed by atoms with E-state index < -0.39 is 10.0 Å². The van der Waals surface area contributed by atoms with Crippen LogP contribution in [0.1, 0.15) is 75.1 Å².